The van der Waals surface area contributed by atoms with Crippen LogP contribution in [0.15, 0.2) is 71.6 Å². The largest absolute Gasteiger partial charge is 0.445 e. The fourth-order valence-corrected chi connectivity index (χ4v) is 3.81. The van der Waals surface area contributed by atoms with E-state index in [0.717, 1.165) is 11.1 Å². The molecule has 0 saturated heterocycles. The van der Waals surface area contributed by atoms with Gasteiger partial charge in [0.15, 0.2) is 0 Å². The Bertz CT molecular complexity index is 1050. The van der Waals surface area contributed by atoms with Gasteiger partial charge in [-0.15, -0.1) is 11.3 Å². The number of rotatable bonds is 11. The summed E-state index contributed by atoms with van der Waals surface area (Å²) in [5, 5.41) is 16.1. The van der Waals surface area contributed by atoms with E-state index < -0.39 is 30.0 Å². The molecule has 2 unspecified atom stereocenters. The molecule has 1 aromatic heterocycles. The molecule has 4 N–H and O–H groups in total. The highest BCUT2D eigenvalue weighted by molar-refractivity contribution is 7.07. The second kappa shape index (κ2) is 13.1. The first-order chi connectivity index (χ1) is 16.5. The highest BCUT2D eigenvalue weighted by Crippen LogP contribution is 2.09. The number of aromatic nitrogens is 1. The van der Waals surface area contributed by atoms with Gasteiger partial charge in [0.1, 0.15) is 18.7 Å². The van der Waals surface area contributed by atoms with Crippen molar-refractivity contribution in [1.82, 2.24) is 21.1 Å². The molecule has 0 saturated carbocycles. The van der Waals surface area contributed by atoms with Crippen LogP contribution in [-0.4, -0.2) is 40.2 Å². The van der Waals surface area contributed by atoms with E-state index in [1.807, 2.05) is 60.7 Å². The molecule has 1 heterocycles. The maximum Gasteiger partial charge on any atom is 0.408 e. The van der Waals surface area contributed by atoms with E-state index in [2.05, 4.69) is 15.6 Å². The molecule has 3 rings (SSSR count). The van der Waals surface area contributed by atoms with Crippen molar-refractivity contribution in [1.29, 1.82) is 0 Å². The Balaban J connectivity index is 1.66. The summed E-state index contributed by atoms with van der Waals surface area (Å²) in [4.78, 5) is 41.8. The van der Waals surface area contributed by atoms with Crippen LogP contribution in [0.25, 0.3) is 0 Å². The lowest BCUT2D eigenvalue weighted by atomic mass is 10.0. The molecule has 3 amide bonds. The maximum atomic E-state index is 13.1. The minimum absolute atomic E-state index is 0.0546. The summed E-state index contributed by atoms with van der Waals surface area (Å²) in [5.41, 5.74) is 5.57. The number of amides is 3. The van der Waals surface area contributed by atoms with Gasteiger partial charge in [0.05, 0.1) is 11.2 Å². The molecule has 3 aromatic rings. The van der Waals surface area contributed by atoms with Gasteiger partial charge < -0.3 is 15.4 Å². The minimum atomic E-state index is -1.07. The summed E-state index contributed by atoms with van der Waals surface area (Å²) in [6.45, 7) is 0.0546. The lowest BCUT2D eigenvalue weighted by Gasteiger charge is -2.22. The number of hydrogen-bond acceptors (Lipinski definition) is 7. The number of alkyl carbamates (subject to hydrolysis) is 1. The number of nitrogens with one attached hydrogen (secondary N) is 3. The number of nitrogens with zero attached hydrogens (tertiary/aromatic N) is 1. The Hall–Kier alpha value is -3.76. The third-order valence-corrected chi connectivity index (χ3v) is 5.66. The van der Waals surface area contributed by atoms with Crippen LogP contribution < -0.4 is 16.1 Å². The molecule has 2 aromatic carbocycles. The first kappa shape index (κ1) is 24.9. The van der Waals surface area contributed by atoms with Crippen molar-refractivity contribution in [3.8, 4) is 0 Å². The Morgan fingerprint density at radius 2 is 1.59 bits per heavy atom. The average Bonchev–Trinajstić information content (AvgIpc) is 3.38. The van der Waals surface area contributed by atoms with Crippen LogP contribution in [-0.2, 0) is 33.8 Å². The number of hydroxylamine groups is 1. The summed E-state index contributed by atoms with van der Waals surface area (Å²) < 4.78 is 5.26. The highest BCUT2D eigenvalue weighted by Gasteiger charge is 2.27. The Morgan fingerprint density at radius 1 is 0.912 bits per heavy atom. The zero-order valence-corrected chi connectivity index (χ0v) is 19.2. The van der Waals surface area contributed by atoms with Crippen LogP contribution in [0.2, 0.25) is 0 Å². The number of ether oxygens (including phenoxy) is 1. The summed E-state index contributed by atoms with van der Waals surface area (Å²) in [6.07, 6.45) is 0.131. The summed E-state index contributed by atoms with van der Waals surface area (Å²) in [7, 11) is 0. The highest BCUT2D eigenvalue weighted by atomic mass is 32.1. The van der Waals surface area contributed by atoms with E-state index in [4.69, 9.17) is 9.94 Å². The third-order valence-electron chi connectivity index (χ3n) is 5.03. The van der Waals surface area contributed by atoms with Crippen molar-refractivity contribution in [2.45, 2.75) is 38.0 Å². The molecular formula is C24H26N4O5S. The normalized spacial score (nSPS) is 12.3. The van der Waals surface area contributed by atoms with E-state index in [0.29, 0.717) is 12.1 Å². The summed E-state index contributed by atoms with van der Waals surface area (Å²) >= 11 is 1.35. The molecule has 0 aliphatic carbocycles. The standard InChI is InChI=1S/C24H26N4O5S/c29-22(26-21(23(30)28-32)13-19-15-34-16-25-19)20(12-11-17-7-3-1-4-8-17)27-24(31)33-14-18-9-5-2-6-10-18/h1-10,15-16,20-21,32H,11-14H2,(H,26,29)(H,27,31)(H,28,30). The SMILES string of the molecule is O=C(NC(CCc1ccccc1)C(=O)NC(Cc1cscn1)C(=O)NO)OCc1ccccc1. The molecule has 178 valence electrons. The van der Waals surface area contributed by atoms with Crippen molar-refractivity contribution in [3.63, 3.8) is 0 Å². The first-order valence-corrected chi connectivity index (χ1v) is 11.6. The molecule has 34 heavy (non-hydrogen) atoms. The molecule has 0 radical (unpaired) electrons. The topological polar surface area (TPSA) is 130 Å². The van der Waals surface area contributed by atoms with E-state index >= 15 is 0 Å². The lowest BCUT2D eigenvalue weighted by molar-refractivity contribution is -0.135. The van der Waals surface area contributed by atoms with Crippen LogP contribution >= 0.6 is 11.3 Å². The van der Waals surface area contributed by atoms with Gasteiger partial charge in [0.2, 0.25) is 5.91 Å². The number of carbonyl (C=O) groups excluding carboxylic acids is 3. The van der Waals surface area contributed by atoms with Crippen LogP contribution in [0, 0.1) is 0 Å². The second-order valence-electron chi connectivity index (χ2n) is 7.50. The molecule has 9 nitrogen and oxygen atoms in total. The number of carbonyl (C=O) groups is 3. The molecule has 0 spiro atoms. The van der Waals surface area contributed by atoms with E-state index in [9.17, 15) is 14.4 Å². The van der Waals surface area contributed by atoms with Crippen molar-refractivity contribution in [2.75, 3.05) is 0 Å². The molecule has 10 heteroatoms. The van der Waals surface area contributed by atoms with E-state index in [-0.39, 0.29) is 19.4 Å². The molecule has 0 aliphatic heterocycles. The van der Waals surface area contributed by atoms with Gasteiger partial charge in [-0.3, -0.25) is 14.8 Å². The van der Waals surface area contributed by atoms with Crippen molar-refractivity contribution < 1.29 is 24.3 Å². The first-order valence-electron chi connectivity index (χ1n) is 10.7. The van der Waals surface area contributed by atoms with Crippen LogP contribution in [0.5, 0.6) is 0 Å². The fourth-order valence-electron chi connectivity index (χ4n) is 3.24. The number of thiazole rings is 1. The molecule has 2 atom stereocenters. The van der Waals surface area contributed by atoms with Gasteiger partial charge in [0, 0.05) is 11.8 Å². The monoisotopic (exact) mass is 482 g/mol. The molecule has 0 bridgehead atoms. The average molecular weight is 483 g/mol. The van der Waals surface area contributed by atoms with Gasteiger partial charge in [0.25, 0.3) is 5.91 Å². The van der Waals surface area contributed by atoms with E-state index in [1.54, 1.807) is 16.4 Å². The van der Waals surface area contributed by atoms with Gasteiger partial charge >= 0.3 is 6.09 Å². The van der Waals surface area contributed by atoms with Crippen molar-refractivity contribution in [2.24, 2.45) is 0 Å². The summed E-state index contributed by atoms with van der Waals surface area (Å²) in [6, 6.07) is 16.7. The minimum Gasteiger partial charge on any atom is -0.445 e. The Morgan fingerprint density at radius 3 is 2.21 bits per heavy atom. The van der Waals surface area contributed by atoms with Gasteiger partial charge in [-0.05, 0) is 24.0 Å². The van der Waals surface area contributed by atoms with Gasteiger partial charge in [-0.1, -0.05) is 60.7 Å². The van der Waals surface area contributed by atoms with Crippen molar-refractivity contribution in [3.05, 3.63) is 88.4 Å². The number of benzene rings is 2. The smallest absolute Gasteiger partial charge is 0.408 e. The maximum absolute atomic E-state index is 13.1. The lowest BCUT2D eigenvalue weighted by Crippen LogP contribution is -2.54. The van der Waals surface area contributed by atoms with Crippen LogP contribution in [0.1, 0.15) is 23.2 Å². The van der Waals surface area contributed by atoms with Crippen molar-refractivity contribution >= 4 is 29.2 Å². The Labute approximate surface area is 201 Å². The Kier molecular flexibility index (Phi) is 9.56. The zero-order valence-electron chi connectivity index (χ0n) is 18.3. The zero-order chi connectivity index (χ0) is 24.2. The molecule has 0 fully saturated rings. The summed E-state index contributed by atoms with van der Waals surface area (Å²) in [5.74, 6) is -1.36. The van der Waals surface area contributed by atoms with Crippen LogP contribution in [0.3, 0.4) is 0 Å². The predicted octanol–water partition coefficient (Wildman–Crippen LogP) is 2.60. The molecular weight excluding hydrogens is 456 g/mol. The molecule has 0 aliphatic rings. The quantitative estimate of drug-likeness (QED) is 0.246. The second-order valence-corrected chi connectivity index (χ2v) is 8.22. The number of hydrogen-bond donors (Lipinski definition) is 4. The van der Waals surface area contributed by atoms with E-state index in [1.165, 1.54) is 11.3 Å². The third kappa shape index (κ3) is 7.98. The van der Waals surface area contributed by atoms with Gasteiger partial charge in [-0.2, -0.15) is 0 Å². The van der Waals surface area contributed by atoms with Gasteiger partial charge in [-0.25, -0.2) is 15.3 Å². The van der Waals surface area contributed by atoms with Crippen LogP contribution in [0.4, 0.5) is 4.79 Å². The predicted molar refractivity (Wildman–Crippen MR) is 126 cm³/mol. The fraction of sp³-hybridized carbons (Fsp3) is 0.250. The number of aryl methyl sites for hydroxylation is 1.